The van der Waals surface area contributed by atoms with Crippen molar-refractivity contribution < 1.29 is 24.2 Å². The number of carbonyl (C=O) groups excluding carboxylic acids is 2. The summed E-state index contributed by atoms with van der Waals surface area (Å²) in [6.45, 7) is 6.31. The predicted octanol–water partition coefficient (Wildman–Crippen LogP) is 4.80. The average molecular weight is 479 g/mol. The van der Waals surface area contributed by atoms with Gasteiger partial charge in [-0.1, -0.05) is 69.3 Å². The number of fused-ring (bicyclic) bond motifs is 3. The van der Waals surface area contributed by atoms with Crippen LogP contribution in [-0.2, 0) is 14.3 Å². The number of hydrogen-bond acceptors (Lipinski definition) is 4. The molecule has 2 atom stereocenters. The molecule has 0 radical (unpaired) electrons. The fraction of sp³-hybridized carbons (Fsp3) is 0.464. The molecule has 1 saturated heterocycles. The molecule has 0 spiro atoms. The van der Waals surface area contributed by atoms with Gasteiger partial charge in [0.1, 0.15) is 12.6 Å². The van der Waals surface area contributed by atoms with Gasteiger partial charge in [0.25, 0.3) is 0 Å². The van der Waals surface area contributed by atoms with Crippen LogP contribution < -0.4 is 5.32 Å². The van der Waals surface area contributed by atoms with Crippen LogP contribution in [0, 0.1) is 5.41 Å². The summed E-state index contributed by atoms with van der Waals surface area (Å²) in [7, 11) is 0. The Kier molecular flexibility index (Phi) is 7.15. The van der Waals surface area contributed by atoms with Gasteiger partial charge in [-0.05, 0) is 46.9 Å². The lowest BCUT2D eigenvalue weighted by Gasteiger charge is -2.40. The van der Waals surface area contributed by atoms with Crippen LogP contribution >= 0.6 is 0 Å². The molecule has 7 nitrogen and oxygen atoms in total. The smallest absolute Gasteiger partial charge is 0.407 e. The molecule has 1 fully saturated rings. The minimum absolute atomic E-state index is 0.0704. The van der Waals surface area contributed by atoms with Gasteiger partial charge in [-0.25, -0.2) is 4.79 Å². The van der Waals surface area contributed by atoms with E-state index in [1.54, 1.807) is 4.90 Å². The second kappa shape index (κ2) is 10.1. The van der Waals surface area contributed by atoms with Gasteiger partial charge in [0.05, 0.1) is 6.42 Å². The minimum Gasteiger partial charge on any atom is -0.481 e. The number of carbonyl (C=O) groups is 3. The third-order valence-corrected chi connectivity index (χ3v) is 7.04. The van der Waals surface area contributed by atoms with Gasteiger partial charge in [0.2, 0.25) is 5.91 Å². The van der Waals surface area contributed by atoms with Crippen LogP contribution in [-0.4, -0.2) is 53.2 Å². The number of amides is 2. The standard InChI is InChI=1S/C28H34N2O5/c1-28(2,3)25(26(33)30-15-9-8-10-18(30)16-24(31)32)29-27(34)35-17-23-21-13-6-4-11-19(21)20-12-5-7-14-22(20)23/h4-7,11-14,18,23,25H,8-10,15-17H2,1-3H3,(H,29,34)(H,31,32)/t18-,25+/m1/s1. The molecule has 1 aliphatic heterocycles. The molecule has 2 aromatic rings. The number of piperidine rings is 1. The van der Waals surface area contributed by atoms with Crippen molar-refractivity contribution in [3.05, 3.63) is 59.7 Å². The number of nitrogens with one attached hydrogen (secondary N) is 1. The largest absolute Gasteiger partial charge is 0.481 e. The van der Waals surface area contributed by atoms with Crippen LogP contribution in [0.4, 0.5) is 4.79 Å². The lowest BCUT2D eigenvalue weighted by Crippen LogP contribution is -2.58. The van der Waals surface area contributed by atoms with E-state index in [1.807, 2.05) is 45.0 Å². The fourth-order valence-corrected chi connectivity index (χ4v) is 5.28. The van der Waals surface area contributed by atoms with E-state index in [4.69, 9.17) is 4.74 Å². The van der Waals surface area contributed by atoms with Gasteiger partial charge in [-0.2, -0.15) is 0 Å². The first kappa shape index (κ1) is 24.8. The molecule has 0 aromatic heterocycles. The normalized spacial score (nSPS) is 18.4. The monoisotopic (exact) mass is 478 g/mol. The number of carboxylic acid groups (broad SMARTS) is 1. The quantitative estimate of drug-likeness (QED) is 0.622. The Balaban J connectivity index is 1.46. The highest BCUT2D eigenvalue weighted by atomic mass is 16.5. The number of rotatable bonds is 6. The predicted molar refractivity (Wildman–Crippen MR) is 133 cm³/mol. The SMILES string of the molecule is CC(C)(C)[C@@H](NC(=O)OCC1c2ccccc2-c2ccccc21)C(=O)N1CCCC[C@@H]1CC(=O)O. The summed E-state index contributed by atoms with van der Waals surface area (Å²) in [5, 5.41) is 12.1. The van der Waals surface area contributed by atoms with E-state index in [0.29, 0.717) is 13.0 Å². The molecule has 4 rings (SSSR count). The highest BCUT2D eigenvalue weighted by Crippen LogP contribution is 2.44. The fourth-order valence-electron chi connectivity index (χ4n) is 5.28. The number of alkyl carbamates (subject to hydrolysis) is 1. The Morgan fingerprint density at radius 3 is 2.20 bits per heavy atom. The zero-order valence-corrected chi connectivity index (χ0v) is 20.6. The molecule has 0 bridgehead atoms. The van der Waals surface area contributed by atoms with Crippen molar-refractivity contribution >= 4 is 18.0 Å². The lowest BCUT2D eigenvalue weighted by atomic mass is 9.84. The molecule has 2 aromatic carbocycles. The van der Waals surface area contributed by atoms with Crippen LogP contribution in [0.3, 0.4) is 0 Å². The number of nitrogens with zero attached hydrogens (tertiary/aromatic N) is 1. The Morgan fingerprint density at radius 2 is 1.63 bits per heavy atom. The minimum atomic E-state index is -0.925. The Labute approximate surface area is 206 Å². The van der Waals surface area contributed by atoms with Crippen molar-refractivity contribution in [2.75, 3.05) is 13.2 Å². The molecule has 2 amide bonds. The van der Waals surface area contributed by atoms with E-state index in [-0.39, 0.29) is 30.9 Å². The van der Waals surface area contributed by atoms with Crippen molar-refractivity contribution in [1.29, 1.82) is 0 Å². The zero-order chi connectivity index (χ0) is 25.2. The summed E-state index contributed by atoms with van der Waals surface area (Å²) in [6.07, 6.45) is 1.63. The zero-order valence-electron chi connectivity index (χ0n) is 20.6. The van der Waals surface area contributed by atoms with E-state index in [9.17, 15) is 19.5 Å². The second-order valence-electron chi connectivity index (χ2n) is 10.5. The number of hydrogen-bond donors (Lipinski definition) is 2. The summed E-state index contributed by atoms with van der Waals surface area (Å²) >= 11 is 0. The van der Waals surface area contributed by atoms with Crippen LogP contribution in [0.25, 0.3) is 11.1 Å². The molecule has 0 saturated carbocycles. The van der Waals surface area contributed by atoms with Crippen molar-refractivity contribution in [3.8, 4) is 11.1 Å². The first-order valence-electron chi connectivity index (χ1n) is 12.3. The van der Waals surface area contributed by atoms with E-state index in [2.05, 4.69) is 29.6 Å². The van der Waals surface area contributed by atoms with E-state index in [0.717, 1.165) is 35.1 Å². The summed E-state index contributed by atoms with van der Waals surface area (Å²) in [5.41, 5.74) is 3.96. The Bertz CT molecular complexity index is 1060. The van der Waals surface area contributed by atoms with Gasteiger partial charge in [0, 0.05) is 18.5 Å². The first-order chi connectivity index (χ1) is 16.7. The lowest BCUT2D eigenvalue weighted by molar-refractivity contribution is -0.144. The third-order valence-electron chi connectivity index (χ3n) is 7.04. The first-order valence-corrected chi connectivity index (χ1v) is 12.3. The van der Waals surface area contributed by atoms with Crippen LogP contribution in [0.5, 0.6) is 0 Å². The molecular formula is C28H34N2O5. The van der Waals surface area contributed by atoms with Gasteiger partial charge < -0.3 is 20.1 Å². The number of benzene rings is 2. The molecule has 1 aliphatic carbocycles. The Hall–Kier alpha value is -3.35. The number of carboxylic acids is 1. The molecule has 35 heavy (non-hydrogen) atoms. The van der Waals surface area contributed by atoms with Crippen molar-refractivity contribution in [1.82, 2.24) is 10.2 Å². The number of ether oxygens (including phenoxy) is 1. The van der Waals surface area contributed by atoms with Gasteiger partial charge >= 0.3 is 12.1 Å². The number of aliphatic carboxylic acids is 1. The molecule has 7 heteroatoms. The molecule has 186 valence electrons. The summed E-state index contributed by atoms with van der Waals surface area (Å²) in [4.78, 5) is 39.4. The van der Waals surface area contributed by atoms with E-state index >= 15 is 0 Å². The summed E-state index contributed by atoms with van der Waals surface area (Å²) in [6, 6.07) is 15.1. The number of likely N-dealkylation sites (tertiary alicyclic amines) is 1. The molecule has 0 unspecified atom stereocenters. The molecule has 2 N–H and O–H groups in total. The van der Waals surface area contributed by atoms with Crippen molar-refractivity contribution in [2.24, 2.45) is 5.41 Å². The van der Waals surface area contributed by atoms with E-state index < -0.39 is 23.5 Å². The third kappa shape index (κ3) is 5.34. The maximum Gasteiger partial charge on any atom is 0.407 e. The van der Waals surface area contributed by atoms with Crippen LogP contribution in [0.1, 0.15) is 63.5 Å². The van der Waals surface area contributed by atoms with Gasteiger partial charge in [-0.15, -0.1) is 0 Å². The maximum absolute atomic E-state index is 13.5. The summed E-state index contributed by atoms with van der Waals surface area (Å²) < 4.78 is 5.68. The van der Waals surface area contributed by atoms with Crippen LogP contribution in [0.2, 0.25) is 0 Å². The summed E-state index contributed by atoms with van der Waals surface area (Å²) in [5.74, 6) is -1.25. The highest BCUT2D eigenvalue weighted by molar-refractivity contribution is 5.87. The van der Waals surface area contributed by atoms with E-state index in [1.165, 1.54) is 0 Å². The highest BCUT2D eigenvalue weighted by Gasteiger charge is 2.40. The van der Waals surface area contributed by atoms with Gasteiger partial charge in [-0.3, -0.25) is 9.59 Å². The van der Waals surface area contributed by atoms with Gasteiger partial charge in [0.15, 0.2) is 0 Å². The average Bonchev–Trinajstić information content (AvgIpc) is 3.14. The Morgan fingerprint density at radius 1 is 1.03 bits per heavy atom. The molecule has 2 aliphatic rings. The van der Waals surface area contributed by atoms with Crippen molar-refractivity contribution in [3.63, 3.8) is 0 Å². The van der Waals surface area contributed by atoms with Crippen molar-refractivity contribution in [2.45, 2.75) is 64.5 Å². The molecular weight excluding hydrogens is 444 g/mol. The topological polar surface area (TPSA) is 95.9 Å². The van der Waals surface area contributed by atoms with Crippen LogP contribution in [0.15, 0.2) is 48.5 Å². The maximum atomic E-state index is 13.5. The second-order valence-corrected chi connectivity index (χ2v) is 10.5. The molecule has 1 heterocycles.